The molecule has 4 heteroatoms. The van der Waals surface area contributed by atoms with Crippen LogP contribution in [0.4, 0.5) is 0 Å². The van der Waals surface area contributed by atoms with Crippen LogP contribution in [-0.4, -0.2) is 22.3 Å². The lowest BCUT2D eigenvalue weighted by molar-refractivity contribution is -0.163. The molecule has 0 aromatic rings. The normalized spacial score (nSPS) is 50.2. The number of rotatable bonds is 1. The van der Waals surface area contributed by atoms with Crippen molar-refractivity contribution in [2.45, 2.75) is 77.7 Å². The quantitative estimate of drug-likeness (QED) is 0.726. The number of Topliss-reactive ketones (excluding diaryl/α,β-unsaturated/α-hetero) is 2. The Morgan fingerprint density at radius 3 is 2.58 bits per heavy atom. The summed E-state index contributed by atoms with van der Waals surface area (Å²) in [6.45, 7) is 6.03. The van der Waals surface area contributed by atoms with E-state index < -0.39 is 5.60 Å². The van der Waals surface area contributed by atoms with Gasteiger partial charge in [0.15, 0.2) is 5.60 Å². The van der Waals surface area contributed by atoms with Gasteiger partial charge in [-0.15, -0.1) is 0 Å². The highest BCUT2D eigenvalue weighted by molar-refractivity contribution is 5.85. The van der Waals surface area contributed by atoms with Crippen LogP contribution in [0.15, 0.2) is 0 Å². The molecule has 4 aliphatic rings. The first-order valence-electron chi connectivity index (χ1n) is 10.3. The van der Waals surface area contributed by atoms with E-state index >= 15 is 0 Å². The third-order valence-corrected chi connectivity index (χ3v) is 9.07. The van der Waals surface area contributed by atoms with E-state index in [4.69, 9.17) is 0 Å². The number of nitriles is 1. The van der Waals surface area contributed by atoms with Crippen molar-refractivity contribution >= 4 is 11.6 Å². The molecular weight excluding hydrogens is 326 g/mol. The molecule has 1 N–H and O–H groups in total. The second-order valence-corrected chi connectivity index (χ2v) is 10.3. The summed E-state index contributed by atoms with van der Waals surface area (Å²) in [5.41, 5.74) is -1.68. The Labute approximate surface area is 156 Å². The smallest absolute Gasteiger partial charge is 0.151 e. The van der Waals surface area contributed by atoms with E-state index in [1.807, 2.05) is 0 Å². The summed E-state index contributed by atoms with van der Waals surface area (Å²) in [5, 5.41) is 20.1. The van der Waals surface area contributed by atoms with Crippen LogP contribution < -0.4 is 0 Å². The van der Waals surface area contributed by atoms with E-state index in [1.54, 1.807) is 6.92 Å². The molecule has 0 aliphatic heterocycles. The van der Waals surface area contributed by atoms with Gasteiger partial charge in [-0.25, -0.2) is 0 Å². The lowest BCUT2D eigenvalue weighted by Crippen LogP contribution is -2.58. The number of hydrogen-bond acceptors (Lipinski definition) is 4. The van der Waals surface area contributed by atoms with Crippen molar-refractivity contribution in [1.82, 2.24) is 0 Å². The summed E-state index contributed by atoms with van der Waals surface area (Å²) in [6, 6.07) is 2.09. The maximum atomic E-state index is 13.4. The van der Waals surface area contributed by atoms with Crippen molar-refractivity contribution in [3.05, 3.63) is 0 Å². The van der Waals surface area contributed by atoms with Crippen molar-refractivity contribution in [2.75, 3.05) is 0 Å². The largest absolute Gasteiger partial charge is 0.375 e. The first-order chi connectivity index (χ1) is 12.1. The number of fused-ring (bicyclic) bond motifs is 5. The first-order valence-corrected chi connectivity index (χ1v) is 10.3. The van der Waals surface area contributed by atoms with Gasteiger partial charge >= 0.3 is 0 Å². The lowest BCUT2D eigenvalue weighted by Gasteiger charge is -2.59. The third-order valence-electron chi connectivity index (χ3n) is 9.07. The molecule has 0 saturated heterocycles. The van der Waals surface area contributed by atoms with Crippen molar-refractivity contribution in [3.8, 4) is 6.07 Å². The summed E-state index contributed by atoms with van der Waals surface area (Å²) in [7, 11) is 0. The van der Waals surface area contributed by atoms with E-state index in [9.17, 15) is 20.0 Å². The van der Waals surface area contributed by atoms with Crippen LogP contribution in [0.2, 0.25) is 0 Å². The predicted molar refractivity (Wildman–Crippen MR) is 96.9 cm³/mol. The van der Waals surface area contributed by atoms with E-state index in [2.05, 4.69) is 19.9 Å². The van der Waals surface area contributed by atoms with Gasteiger partial charge in [-0.05, 0) is 67.6 Å². The maximum Gasteiger partial charge on any atom is 0.151 e. The van der Waals surface area contributed by atoms with Crippen LogP contribution in [0.1, 0.15) is 72.1 Å². The number of hydrogen-bond donors (Lipinski definition) is 1. The molecule has 4 rings (SSSR count). The molecule has 4 nitrogen and oxygen atoms in total. The molecule has 0 heterocycles. The van der Waals surface area contributed by atoms with Gasteiger partial charge in [0, 0.05) is 31.1 Å². The molecule has 26 heavy (non-hydrogen) atoms. The van der Waals surface area contributed by atoms with Crippen LogP contribution in [0.5, 0.6) is 0 Å². The summed E-state index contributed by atoms with van der Waals surface area (Å²) < 4.78 is 0. The Kier molecular flexibility index (Phi) is 3.94. The van der Waals surface area contributed by atoms with Gasteiger partial charge in [0.1, 0.15) is 11.6 Å². The van der Waals surface area contributed by atoms with Gasteiger partial charge in [0.25, 0.3) is 0 Å². The SMILES string of the molecule is CC(O)(C#N)[C@H]1CC[C@H]2[C@@H]3CCC4CC(=O)CC[C@]4(C)[C@H]3C(=O)C[C@]12C. The van der Waals surface area contributed by atoms with Gasteiger partial charge in [-0.2, -0.15) is 5.26 Å². The van der Waals surface area contributed by atoms with Crippen molar-refractivity contribution in [1.29, 1.82) is 5.26 Å². The summed E-state index contributed by atoms with van der Waals surface area (Å²) in [4.78, 5) is 25.4. The zero-order chi connectivity index (χ0) is 18.9. The van der Waals surface area contributed by atoms with E-state index in [1.165, 1.54) is 0 Å². The van der Waals surface area contributed by atoms with Crippen LogP contribution in [0.25, 0.3) is 0 Å². The first kappa shape index (κ1) is 18.2. The number of carbonyl (C=O) groups is 2. The molecule has 0 aromatic carbocycles. The molecule has 0 aromatic heterocycles. The van der Waals surface area contributed by atoms with Crippen molar-refractivity contribution in [3.63, 3.8) is 0 Å². The summed E-state index contributed by atoms with van der Waals surface area (Å²) >= 11 is 0. The molecule has 0 bridgehead atoms. The van der Waals surface area contributed by atoms with Crippen LogP contribution in [0.3, 0.4) is 0 Å². The Morgan fingerprint density at radius 1 is 1.15 bits per heavy atom. The number of nitrogens with zero attached hydrogens (tertiary/aromatic N) is 1. The van der Waals surface area contributed by atoms with Gasteiger partial charge in [-0.1, -0.05) is 13.8 Å². The Hall–Kier alpha value is -1.21. The van der Waals surface area contributed by atoms with E-state index in [0.717, 1.165) is 32.1 Å². The molecule has 142 valence electrons. The molecule has 0 radical (unpaired) electrons. The summed E-state index contributed by atoms with van der Waals surface area (Å²) in [6.07, 6.45) is 6.51. The van der Waals surface area contributed by atoms with Crippen LogP contribution in [-0.2, 0) is 9.59 Å². The molecular formula is C22H31NO3. The lowest BCUT2D eigenvalue weighted by atomic mass is 9.44. The molecule has 2 unspecified atom stereocenters. The van der Waals surface area contributed by atoms with Crippen molar-refractivity contribution in [2.24, 2.45) is 40.4 Å². The van der Waals surface area contributed by atoms with Gasteiger partial charge < -0.3 is 5.11 Å². The maximum absolute atomic E-state index is 13.4. The Bertz CT molecular complexity index is 692. The minimum Gasteiger partial charge on any atom is -0.375 e. The Morgan fingerprint density at radius 2 is 1.88 bits per heavy atom. The zero-order valence-electron chi connectivity index (χ0n) is 16.3. The number of ketones is 2. The molecule has 8 atom stereocenters. The second kappa shape index (κ2) is 5.64. The minimum atomic E-state index is -1.37. The fourth-order valence-corrected chi connectivity index (χ4v) is 7.86. The predicted octanol–water partition coefficient (Wildman–Crippen LogP) is 3.67. The molecule has 0 spiro atoms. The topological polar surface area (TPSA) is 78.2 Å². The average Bonchev–Trinajstić information content (AvgIpc) is 2.92. The molecule has 4 aliphatic carbocycles. The van der Waals surface area contributed by atoms with Gasteiger partial charge in [0.05, 0.1) is 6.07 Å². The fourth-order valence-electron chi connectivity index (χ4n) is 7.86. The standard InChI is InChI=1S/C22H31NO3/c1-20-9-8-14(24)10-13(20)4-5-15-16-6-7-18(22(3,26)12-23)21(16,2)11-17(25)19(15)20/h13,15-16,18-19,26H,4-11H2,1-3H3/t13?,15-,16-,18-,19+,20-,21-,22?/m0/s1. The number of carbonyl (C=O) groups excluding carboxylic acids is 2. The second-order valence-electron chi connectivity index (χ2n) is 10.3. The van der Waals surface area contributed by atoms with Gasteiger partial charge in [0.2, 0.25) is 0 Å². The summed E-state index contributed by atoms with van der Waals surface area (Å²) in [5.74, 6) is 1.76. The van der Waals surface area contributed by atoms with Gasteiger partial charge in [-0.3, -0.25) is 9.59 Å². The fraction of sp³-hybridized carbons (Fsp3) is 0.864. The highest BCUT2D eigenvalue weighted by Gasteiger charge is 2.65. The molecule has 4 saturated carbocycles. The molecule has 4 fully saturated rings. The molecule has 0 amide bonds. The van der Waals surface area contributed by atoms with Crippen LogP contribution in [0, 0.1) is 51.8 Å². The minimum absolute atomic E-state index is 0.0366. The highest BCUT2D eigenvalue weighted by atomic mass is 16.3. The van der Waals surface area contributed by atoms with Crippen molar-refractivity contribution < 1.29 is 14.7 Å². The Balaban J connectivity index is 1.69. The van der Waals surface area contributed by atoms with E-state index in [0.29, 0.717) is 48.6 Å². The van der Waals surface area contributed by atoms with Crippen LogP contribution >= 0.6 is 0 Å². The monoisotopic (exact) mass is 357 g/mol. The van der Waals surface area contributed by atoms with E-state index in [-0.39, 0.29) is 22.7 Å². The highest BCUT2D eigenvalue weighted by Crippen LogP contribution is 2.67. The average molecular weight is 357 g/mol. The zero-order valence-corrected chi connectivity index (χ0v) is 16.3. The number of aliphatic hydroxyl groups is 1. The third kappa shape index (κ3) is 2.29.